The molecule has 4 rings (SSSR count). The van der Waals surface area contributed by atoms with E-state index in [9.17, 15) is 13.2 Å². The number of ether oxygens (including phenoxy) is 2. The summed E-state index contributed by atoms with van der Waals surface area (Å²) in [6, 6.07) is 18.0. The molecule has 0 radical (unpaired) electrons. The monoisotopic (exact) mass is 536 g/mol. The van der Waals surface area contributed by atoms with Crippen molar-refractivity contribution < 1.29 is 22.7 Å². The molecule has 1 amide bonds. The average Bonchev–Trinajstić information content (AvgIpc) is 2.87. The third-order valence-electron chi connectivity index (χ3n) is 6.74. The van der Waals surface area contributed by atoms with E-state index >= 15 is 0 Å². The van der Waals surface area contributed by atoms with E-state index in [0.29, 0.717) is 11.4 Å². The van der Waals surface area contributed by atoms with Crippen LogP contribution in [0.4, 0.5) is 5.69 Å². The van der Waals surface area contributed by atoms with E-state index in [1.807, 2.05) is 51.1 Å². The number of hydrogen-bond donors (Lipinski definition) is 1. The lowest BCUT2D eigenvalue weighted by atomic mass is 9.86. The van der Waals surface area contributed by atoms with Gasteiger partial charge in [0.1, 0.15) is 18.1 Å². The van der Waals surface area contributed by atoms with Gasteiger partial charge in [0.05, 0.1) is 23.7 Å². The SMILES string of the molecule is Cc1ccc(S(=O)(=O)N2CC(C(=O)NCCOc3ccc(C)c(C)c3)Oc3ccc(C(C)(C)C)cc32)cc1. The van der Waals surface area contributed by atoms with Gasteiger partial charge in [-0.2, -0.15) is 0 Å². The molecule has 1 aliphatic rings. The molecule has 202 valence electrons. The van der Waals surface area contributed by atoms with E-state index < -0.39 is 22.0 Å². The van der Waals surface area contributed by atoms with Crippen molar-refractivity contribution in [3.63, 3.8) is 0 Å². The highest BCUT2D eigenvalue weighted by atomic mass is 32.2. The number of benzene rings is 3. The van der Waals surface area contributed by atoms with Crippen molar-refractivity contribution in [2.75, 3.05) is 24.0 Å². The fraction of sp³-hybridized carbons (Fsp3) is 0.367. The number of aryl methyl sites for hydroxylation is 3. The van der Waals surface area contributed by atoms with Gasteiger partial charge in [-0.15, -0.1) is 0 Å². The number of hydrogen-bond acceptors (Lipinski definition) is 5. The van der Waals surface area contributed by atoms with E-state index in [2.05, 4.69) is 26.1 Å². The minimum atomic E-state index is -3.94. The van der Waals surface area contributed by atoms with Crippen LogP contribution in [0.5, 0.6) is 11.5 Å². The predicted octanol–water partition coefficient (Wildman–Crippen LogP) is 5.06. The lowest BCUT2D eigenvalue weighted by molar-refractivity contribution is -0.127. The van der Waals surface area contributed by atoms with Crippen molar-refractivity contribution in [3.8, 4) is 11.5 Å². The van der Waals surface area contributed by atoms with E-state index in [0.717, 1.165) is 22.4 Å². The molecule has 1 heterocycles. The number of nitrogens with zero attached hydrogens (tertiary/aromatic N) is 1. The fourth-order valence-corrected chi connectivity index (χ4v) is 5.65. The Kier molecular flexibility index (Phi) is 7.74. The Hall–Kier alpha value is -3.52. The Labute approximate surface area is 225 Å². The van der Waals surface area contributed by atoms with Crippen LogP contribution in [0.1, 0.15) is 43.0 Å². The molecule has 0 bridgehead atoms. The minimum absolute atomic E-state index is 0.138. The van der Waals surface area contributed by atoms with Gasteiger partial charge in [-0.1, -0.05) is 50.6 Å². The summed E-state index contributed by atoms with van der Waals surface area (Å²) in [6.45, 7) is 12.5. The molecule has 1 N–H and O–H groups in total. The Morgan fingerprint density at radius 1 is 1.00 bits per heavy atom. The van der Waals surface area contributed by atoms with Gasteiger partial charge < -0.3 is 14.8 Å². The van der Waals surface area contributed by atoms with Crippen LogP contribution in [-0.4, -0.2) is 40.1 Å². The van der Waals surface area contributed by atoms with Crippen molar-refractivity contribution in [3.05, 3.63) is 82.9 Å². The fourth-order valence-electron chi connectivity index (χ4n) is 4.18. The zero-order valence-corrected chi connectivity index (χ0v) is 23.7. The molecular formula is C30H36N2O5S. The molecule has 0 aliphatic carbocycles. The molecule has 0 fully saturated rings. The lowest BCUT2D eigenvalue weighted by Crippen LogP contribution is -2.51. The first-order valence-electron chi connectivity index (χ1n) is 12.7. The normalized spacial score (nSPS) is 15.4. The molecule has 1 aliphatic heterocycles. The van der Waals surface area contributed by atoms with Gasteiger partial charge in [-0.05, 0) is 79.3 Å². The highest BCUT2D eigenvalue weighted by Gasteiger charge is 2.38. The van der Waals surface area contributed by atoms with Crippen LogP contribution in [0.15, 0.2) is 65.6 Å². The molecule has 3 aromatic rings. The molecule has 0 aromatic heterocycles. The molecule has 0 saturated heterocycles. The second-order valence-electron chi connectivity index (χ2n) is 10.8. The first-order valence-corrected chi connectivity index (χ1v) is 14.2. The molecule has 1 unspecified atom stereocenters. The maximum absolute atomic E-state index is 13.8. The van der Waals surface area contributed by atoms with Crippen molar-refractivity contribution in [1.29, 1.82) is 0 Å². The number of sulfonamides is 1. The first-order chi connectivity index (χ1) is 17.9. The highest BCUT2D eigenvalue weighted by molar-refractivity contribution is 7.92. The van der Waals surface area contributed by atoms with E-state index in [1.165, 1.54) is 9.87 Å². The summed E-state index contributed by atoms with van der Waals surface area (Å²) in [7, 11) is -3.94. The summed E-state index contributed by atoms with van der Waals surface area (Å²) >= 11 is 0. The van der Waals surface area contributed by atoms with Crippen LogP contribution >= 0.6 is 0 Å². The zero-order valence-electron chi connectivity index (χ0n) is 22.9. The number of carbonyl (C=O) groups is 1. The smallest absolute Gasteiger partial charge is 0.264 e. The maximum Gasteiger partial charge on any atom is 0.264 e. The van der Waals surface area contributed by atoms with E-state index in [-0.39, 0.29) is 30.0 Å². The van der Waals surface area contributed by atoms with Gasteiger partial charge in [-0.3, -0.25) is 9.10 Å². The summed E-state index contributed by atoms with van der Waals surface area (Å²) in [4.78, 5) is 13.2. The molecule has 8 heteroatoms. The summed E-state index contributed by atoms with van der Waals surface area (Å²) in [5.74, 6) is 0.685. The predicted molar refractivity (Wildman–Crippen MR) is 150 cm³/mol. The third kappa shape index (κ3) is 5.96. The van der Waals surface area contributed by atoms with Gasteiger partial charge in [0.2, 0.25) is 0 Å². The van der Waals surface area contributed by atoms with Crippen LogP contribution in [0.25, 0.3) is 0 Å². The lowest BCUT2D eigenvalue weighted by Gasteiger charge is -2.36. The average molecular weight is 537 g/mol. The number of nitrogens with one attached hydrogen (secondary N) is 1. The number of rotatable bonds is 7. The second kappa shape index (κ2) is 10.7. The number of fused-ring (bicyclic) bond motifs is 1. The Bertz CT molecular complexity index is 1430. The van der Waals surface area contributed by atoms with Gasteiger partial charge in [0, 0.05) is 0 Å². The van der Waals surface area contributed by atoms with Crippen LogP contribution in [0.3, 0.4) is 0 Å². The maximum atomic E-state index is 13.8. The molecular weight excluding hydrogens is 500 g/mol. The first kappa shape index (κ1) is 27.5. The molecule has 0 saturated carbocycles. The van der Waals surface area contributed by atoms with Gasteiger partial charge >= 0.3 is 0 Å². The van der Waals surface area contributed by atoms with E-state index in [4.69, 9.17) is 9.47 Å². The van der Waals surface area contributed by atoms with Gasteiger partial charge in [0.25, 0.3) is 15.9 Å². The third-order valence-corrected chi connectivity index (χ3v) is 8.54. The van der Waals surface area contributed by atoms with Crippen molar-refractivity contribution in [2.24, 2.45) is 0 Å². The standard InChI is InChI=1S/C30H36N2O5S/c1-20-7-12-25(13-8-20)38(34,35)32-19-28(37-27-14-10-23(18-26(27)32)30(4,5)6)29(33)31-15-16-36-24-11-9-21(2)22(3)17-24/h7-14,17-18,28H,15-16,19H2,1-6H3,(H,31,33). The topological polar surface area (TPSA) is 84.9 Å². The summed E-state index contributed by atoms with van der Waals surface area (Å²) in [5.41, 5.74) is 4.47. The van der Waals surface area contributed by atoms with E-state index in [1.54, 1.807) is 30.3 Å². The molecule has 3 aromatic carbocycles. The largest absolute Gasteiger partial charge is 0.492 e. The van der Waals surface area contributed by atoms with Crippen LogP contribution in [0, 0.1) is 20.8 Å². The summed E-state index contributed by atoms with van der Waals surface area (Å²) in [6.07, 6.45) is -1.01. The quantitative estimate of drug-likeness (QED) is 0.427. The zero-order chi connectivity index (χ0) is 27.7. The minimum Gasteiger partial charge on any atom is -0.492 e. The van der Waals surface area contributed by atoms with Gasteiger partial charge in [-0.25, -0.2) is 8.42 Å². The molecule has 7 nitrogen and oxygen atoms in total. The van der Waals surface area contributed by atoms with Crippen LogP contribution in [-0.2, 0) is 20.2 Å². The Balaban J connectivity index is 1.54. The number of carbonyl (C=O) groups excluding carboxylic acids is 1. The summed E-state index contributed by atoms with van der Waals surface area (Å²) < 4.78 is 40.6. The van der Waals surface area contributed by atoms with Crippen LogP contribution < -0.4 is 19.1 Å². The number of amides is 1. The Morgan fingerprint density at radius 2 is 1.71 bits per heavy atom. The van der Waals surface area contributed by atoms with Crippen molar-refractivity contribution in [1.82, 2.24) is 5.32 Å². The van der Waals surface area contributed by atoms with Crippen molar-refractivity contribution >= 4 is 21.6 Å². The van der Waals surface area contributed by atoms with Crippen LogP contribution in [0.2, 0.25) is 0 Å². The molecule has 1 atom stereocenters. The summed E-state index contributed by atoms with van der Waals surface area (Å²) in [5, 5.41) is 2.82. The van der Waals surface area contributed by atoms with Crippen molar-refractivity contribution in [2.45, 2.75) is 58.0 Å². The Morgan fingerprint density at radius 3 is 2.37 bits per heavy atom. The molecule has 0 spiro atoms. The molecule has 38 heavy (non-hydrogen) atoms. The number of anilines is 1. The highest BCUT2D eigenvalue weighted by Crippen LogP contribution is 2.40. The van der Waals surface area contributed by atoms with Gasteiger partial charge in [0.15, 0.2) is 6.10 Å². The second-order valence-corrected chi connectivity index (χ2v) is 12.6.